The molecule has 0 aliphatic carbocycles. The third kappa shape index (κ3) is 2.76. The fourth-order valence-corrected chi connectivity index (χ4v) is 2.73. The van der Waals surface area contributed by atoms with Crippen LogP contribution in [0.2, 0.25) is 0 Å². The second-order valence-electron chi connectivity index (χ2n) is 4.20. The summed E-state index contributed by atoms with van der Waals surface area (Å²) >= 11 is 1.65. The van der Waals surface area contributed by atoms with Crippen LogP contribution in [0.1, 0.15) is 0 Å². The van der Waals surface area contributed by atoms with Crippen molar-refractivity contribution in [2.24, 2.45) is 0 Å². The third-order valence-electron chi connectivity index (χ3n) is 2.78. The molecule has 3 aromatic rings. The first-order chi connectivity index (χ1) is 9.86. The van der Waals surface area contributed by atoms with Crippen LogP contribution in [0.3, 0.4) is 0 Å². The molecule has 1 aromatic carbocycles. The Bertz CT molecular complexity index is 663. The number of anilines is 1. The summed E-state index contributed by atoms with van der Waals surface area (Å²) in [6, 6.07) is 8.09. The molecule has 0 spiro atoms. The van der Waals surface area contributed by atoms with Gasteiger partial charge in [-0.2, -0.15) is 0 Å². The minimum atomic E-state index is 0.604. The lowest BCUT2D eigenvalue weighted by molar-refractivity contribution is 0.210. The summed E-state index contributed by atoms with van der Waals surface area (Å²) in [5, 5.41) is 4.03. The molecule has 0 atom stereocenters. The Morgan fingerprint density at radius 1 is 1.20 bits per heavy atom. The van der Waals surface area contributed by atoms with Gasteiger partial charge < -0.3 is 10.1 Å². The highest BCUT2D eigenvalue weighted by molar-refractivity contribution is 7.21. The van der Waals surface area contributed by atoms with Crippen molar-refractivity contribution in [2.75, 3.05) is 25.6 Å². The van der Waals surface area contributed by atoms with E-state index < -0.39 is 0 Å². The van der Waals surface area contributed by atoms with Crippen LogP contribution in [0.15, 0.2) is 36.7 Å². The van der Waals surface area contributed by atoms with E-state index in [-0.39, 0.29) is 0 Å². The summed E-state index contributed by atoms with van der Waals surface area (Å²) in [4.78, 5) is 13.2. The molecule has 1 N–H and O–H groups in total. The SMILES string of the molecule is COCCNc1ncc(-c2nc3ccccc3s2)cn1. The zero-order valence-electron chi connectivity index (χ0n) is 11.0. The topological polar surface area (TPSA) is 59.9 Å². The quantitative estimate of drug-likeness (QED) is 0.731. The van der Waals surface area contributed by atoms with Gasteiger partial charge in [-0.15, -0.1) is 11.3 Å². The Kier molecular flexibility index (Phi) is 3.85. The monoisotopic (exact) mass is 286 g/mol. The number of nitrogens with zero attached hydrogens (tertiary/aromatic N) is 3. The van der Waals surface area contributed by atoms with Crippen LogP contribution in [0.25, 0.3) is 20.8 Å². The molecular weight excluding hydrogens is 272 g/mol. The summed E-state index contributed by atoms with van der Waals surface area (Å²) in [5.41, 5.74) is 1.94. The summed E-state index contributed by atoms with van der Waals surface area (Å²) < 4.78 is 6.13. The largest absolute Gasteiger partial charge is 0.383 e. The lowest BCUT2D eigenvalue weighted by Crippen LogP contribution is -2.09. The first-order valence-corrected chi connectivity index (χ1v) is 7.09. The van der Waals surface area contributed by atoms with Crippen molar-refractivity contribution in [1.29, 1.82) is 0 Å². The number of ether oxygens (including phenoxy) is 1. The molecule has 2 heterocycles. The molecule has 2 aromatic heterocycles. The van der Waals surface area contributed by atoms with Gasteiger partial charge in [0.25, 0.3) is 0 Å². The van der Waals surface area contributed by atoms with Gasteiger partial charge in [0, 0.05) is 31.6 Å². The van der Waals surface area contributed by atoms with E-state index >= 15 is 0 Å². The van der Waals surface area contributed by atoms with Gasteiger partial charge in [-0.25, -0.2) is 15.0 Å². The first kappa shape index (κ1) is 13.0. The summed E-state index contributed by atoms with van der Waals surface area (Å²) in [6.07, 6.45) is 3.58. The highest BCUT2D eigenvalue weighted by atomic mass is 32.1. The number of hydrogen-bond donors (Lipinski definition) is 1. The molecule has 20 heavy (non-hydrogen) atoms. The summed E-state index contributed by atoms with van der Waals surface area (Å²) in [7, 11) is 1.67. The van der Waals surface area contributed by atoms with Crippen molar-refractivity contribution in [3.63, 3.8) is 0 Å². The van der Waals surface area contributed by atoms with Crippen molar-refractivity contribution >= 4 is 27.5 Å². The van der Waals surface area contributed by atoms with Gasteiger partial charge in [-0.05, 0) is 12.1 Å². The molecule has 0 aliphatic heterocycles. The molecule has 0 unspecified atom stereocenters. The van der Waals surface area contributed by atoms with E-state index in [9.17, 15) is 0 Å². The molecule has 5 nitrogen and oxygen atoms in total. The highest BCUT2D eigenvalue weighted by Gasteiger charge is 2.06. The second-order valence-corrected chi connectivity index (χ2v) is 5.23. The van der Waals surface area contributed by atoms with Crippen LogP contribution >= 0.6 is 11.3 Å². The lowest BCUT2D eigenvalue weighted by Gasteiger charge is -2.03. The molecule has 102 valence electrons. The average molecular weight is 286 g/mol. The van der Waals surface area contributed by atoms with Gasteiger partial charge in [0.05, 0.1) is 16.8 Å². The van der Waals surface area contributed by atoms with E-state index in [1.807, 2.05) is 18.2 Å². The summed E-state index contributed by atoms with van der Waals surface area (Å²) in [5.74, 6) is 0.604. The molecule has 0 bridgehead atoms. The maximum absolute atomic E-state index is 4.96. The van der Waals surface area contributed by atoms with Crippen molar-refractivity contribution < 1.29 is 4.74 Å². The average Bonchev–Trinajstić information content (AvgIpc) is 2.92. The van der Waals surface area contributed by atoms with Crippen LogP contribution in [0.4, 0.5) is 5.95 Å². The molecule has 0 saturated carbocycles. The molecule has 6 heteroatoms. The zero-order valence-corrected chi connectivity index (χ0v) is 11.9. The van der Waals surface area contributed by atoms with Gasteiger partial charge in [0.1, 0.15) is 5.01 Å². The van der Waals surface area contributed by atoms with E-state index in [1.165, 1.54) is 4.70 Å². The third-order valence-corrected chi connectivity index (χ3v) is 3.87. The number of para-hydroxylation sites is 1. The second kappa shape index (κ2) is 5.94. The highest BCUT2D eigenvalue weighted by Crippen LogP contribution is 2.29. The number of fused-ring (bicyclic) bond motifs is 1. The molecule has 0 fully saturated rings. The van der Waals surface area contributed by atoms with Crippen LogP contribution in [-0.4, -0.2) is 35.2 Å². The predicted octanol–water partition coefficient (Wildman–Crippen LogP) is 2.81. The summed E-state index contributed by atoms with van der Waals surface area (Å²) in [6.45, 7) is 1.32. The maximum Gasteiger partial charge on any atom is 0.222 e. The van der Waals surface area contributed by atoms with E-state index in [4.69, 9.17) is 4.74 Å². The molecule has 0 amide bonds. The smallest absolute Gasteiger partial charge is 0.222 e. The van der Waals surface area contributed by atoms with Crippen molar-refractivity contribution in [3.8, 4) is 10.6 Å². The Hall–Kier alpha value is -2.05. The van der Waals surface area contributed by atoms with Gasteiger partial charge in [0.2, 0.25) is 5.95 Å². The molecule has 0 aliphatic rings. The van der Waals surface area contributed by atoms with Gasteiger partial charge in [0.15, 0.2) is 0 Å². The molecule has 0 radical (unpaired) electrons. The normalized spacial score (nSPS) is 10.8. The van der Waals surface area contributed by atoms with Gasteiger partial charge in [-0.1, -0.05) is 12.1 Å². The van der Waals surface area contributed by atoms with Crippen LogP contribution in [0, 0.1) is 0 Å². The minimum absolute atomic E-state index is 0.604. The van der Waals surface area contributed by atoms with Crippen LogP contribution in [-0.2, 0) is 4.74 Å². The Balaban J connectivity index is 1.79. The Morgan fingerprint density at radius 2 is 2.00 bits per heavy atom. The standard InChI is InChI=1S/C14H14N4OS/c1-19-7-6-15-14-16-8-10(9-17-14)13-18-11-4-2-3-5-12(11)20-13/h2-5,8-9H,6-7H2,1H3,(H,15,16,17). The fourth-order valence-electron chi connectivity index (χ4n) is 1.79. The number of nitrogens with one attached hydrogen (secondary N) is 1. The number of rotatable bonds is 5. The molecule has 0 saturated heterocycles. The first-order valence-electron chi connectivity index (χ1n) is 6.27. The van der Waals surface area contributed by atoms with Crippen LogP contribution in [0.5, 0.6) is 0 Å². The van der Waals surface area contributed by atoms with E-state index in [0.717, 1.165) is 16.1 Å². The number of aromatic nitrogens is 3. The predicted molar refractivity (Wildman–Crippen MR) is 81.0 cm³/mol. The number of hydrogen-bond acceptors (Lipinski definition) is 6. The Labute approximate surface area is 120 Å². The van der Waals surface area contributed by atoms with Crippen molar-refractivity contribution in [1.82, 2.24) is 15.0 Å². The number of methoxy groups -OCH3 is 1. The molecule has 3 rings (SSSR count). The van der Waals surface area contributed by atoms with E-state index in [0.29, 0.717) is 19.1 Å². The fraction of sp³-hybridized carbons (Fsp3) is 0.214. The van der Waals surface area contributed by atoms with Crippen molar-refractivity contribution in [3.05, 3.63) is 36.7 Å². The Morgan fingerprint density at radius 3 is 2.75 bits per heavy atom. The van der Waals surface area contributed by atoms with E-state index in [2.05, 4.69) is 26.3 Å². The lowest BCUT2D eigenvalue weighted by atomic mass is 10.3. The molecular formula is C14H14N4OS. The van der Waals surface area contributed by atoms with Gasteiger partial charge in [-0.3, -0.25) is 0 Å². The number of thiazole rings is 1. The maximum atomic E-state index is 4.96. The number of benzene rings is 1. The zero-order chi connectivity index (χ0) is 13.8. The van der Waals surface area contributed by atoms with Crippen molar-refractivity contribution in [2.45, 2.75) is 0 Å². The van der Waals surface area contributed by atoms with Gasteiger partial charge >= 0.3 is 0 Å². The van der Waals surface area contributed by atoms with Crippen LogP contribution < -0.4 is 5.32 Å². The minimum Gasteiger partial charge on any atom is -0.383 e. The van der Waals surface area contributed by atoms with E-state index in [1.54, 1.807) is 30.8 Å².